The topological polar surface area (TPSA) is 18.5 Å². The van der Waals surface area contributed by atoms with E-state index < -0.39 is 0 Å². The molecule has 0 radical (unpaired) electrons. The molecule has 0 amide bonds. The zero-order valence-electron chi connectivity index (χ0n) is 12.2. The van der Waals surface area contributed by atoms with Crippen molar-refractivity contribution in [1.82, 2.24) is 0 Å². The van der Waals surface area contributed by atoms with Crippen molar-refractivity contribution < 1.29 is 9.78 Å². The molecule has 2 nitrogen and oxygen atoms in total. The Bertz CT molecular complexity index is 277. The van der Waals surface area contributed by atoms with Crippen molar-refractivity contribution in [2.45, 2.75) is 59.7 Å². The van der Waals surface area contributed by atoms with Gasteiger partial charge in [-0.15, -0.1) is 0 Å². The maximum atomic E-state index is 5.09. The lowest BCUT2D eigenvalue weighted by atomic mass is 10.2. The molecule has 0 saturated heterocycles. The number of benzene rings is 1. The van der Waals surface area contributed by atoms with Crippen molar-refractivity contribution in [1.29, 1.82) is 0 Å². The molecule has 0 atom stereocenters. The fourth-order valence-corrected chi connectivity index (χ4v) is 0.784. The van der Waals surface area contributed by atoms with Crippen LogP contribution in [0.1, 0.15) is 47.1 Å². The third-order valence-electron chi connectivity index (χ3n) is 1.48. The molecule has 0 aliphatic carbocycles. The summed E-state index contributed by atoms with van der Waals surface area (Å²) in [4.78, 5) is 10.2. The largest absolute Gasteiger partial charge is 0.230 e. The van der Waals surface area contributed by atoms with Crippen molar-refractivity contribution in [3.8, 4) is 0 Å². The van der Waals surface area contributed by atoms with Gasteiger partial charge < -0.3 is 0 Å². The molecule has 1 rings (SSSR count). The Morgan fingerprint density at radius 2 is 1.06 bits per heavy atom. The highest BCUT2D eigenvalue weighted by Gasteiger charge is 2.18. The number of hydrogen-bond donors (Lipinski definition) is 0. The van der Waals surface area contributed by atoms with E-state index in [1.165, 1.54) is 5.56 Å². The molecular formula is C15H26O2. The van der Waals surface area contributed by atoms with Crippen LogP contribution >= 0.6 is 0 Å². The smallest absolute Gasteiger partial charge is 0.0952 e. The van der Waals surface area contributed by atoms with Gasteiger partial charge in [-0.05, 0) is 48.5 Å². The number of aryl methyl sites for hydroxylation is 1. The molecule has 2 heteroatoms. The van der Waals surface area contributed by atoms with Crippen LogP contribution in [-0.2, 0) is 9.78 Å². The van der Waals surface area contributed by atoms with Gasteiger partial charge in [0.2, 0.25) is 0 Å². The van der Waals surface area contributed by atoms with Crippen LogP contribution in [0.3, 0.4) is 0 Å². The molecule has 1 aromatic carbocycles. The molecule has 1 aromatic rings. The maximum Gasteiger partial charge on any atom is 0.0952 e. The summed E-state index contributed by atoms with van der Waals surface area (Å²) in [6.07, 6.45) is 0. The van der Waals surface area contributed by atoms with Crippen molar-refractivity contribution in [3.63, 3.8) is 0 Å². The van der Waals surface area contributed by atoms with E-state index in [9.17, 15) is 0 Å². The summed E-state index contributed by atoms with van der Waals surface area (Å²) in [6, 6.07) is 10.3. The first-order valence-corrected chi connectivity index (χ1v) is 5.99. The Balaban J connectivity index is 0.000000318. The van der Waals surface area contributed by atoms with Gasteiger partial charge in [-0.25, -0.2) is 9.78 Å². The lowest BCUT2D eigenvalue weighted by Crippen LogP contribution is -2.27. The Hall–Kier alpha value is -0.860. The minimum Gasteiger partial charge on any atom is -0.230 e. The molecule has 0 aromatic heterocycles. The summed E-state index contributed by atoms with van der Waals surface area (Å²) < 4.78 is 0. The third-order valence-corrected chi connectivity index (χ3v) is 1.48. The van der Waals surface area contributed by atoms with Crippen molar-refractivity contribution in [2.24, 2.45) is 0 Å². The Morgan fingerprint density at radius 1 is 0.706 bits per heavy atom. The fourth-order valence-electron chi connectivity index (χ4n) is 0.784. The number of hydrogen-bond acceptors (Lipinski definition) is 2. The Morgan fingerprint density at radius 3 is 1.24 bits per heavy atom. The predicted molar refractivity (Wildman–Crippen MR) is 72.9 cm³/mol. The summed E-state index contributed by atoms with van der Waals surface area (Å²) in [6.45, 7) is 13.8. The quantitative estimate of drug-likeness (QED) is 0.529. The summed E-state index contributed by atoms with van der Waals surface area (Å²) in [7, 11) is 0. The van der Waals surface area contributed by atoms with Gasteiger partial charge in [0, 0.05) is 0 Å². The molecule has 0 aliphatic heterocycles. The summed E-state index contributed by atoms with van der Waals surface area (Å²) in [5, 5.41) is 0. The third kappa shape index (κ3) is 13.1. The van der Waals surface area contributed by atoms with E-state index in [-0.39, 0.29) is 11.2 Å². The standard InChI is InChI=1S/C8H18O2.C7H8/c1-7(2,3)9-10-8(4,5)6;1-7-5-3-2-4-6-7/h1-6H3;2-6H,1H3. The average molecular weight is 238 g/mol. The van der Waals surface area contributed by atoms with Crippen molar-refractivity contribution in [2.75, 3.05) is 0 Å². The first-order chi connectivity index (χ1) is 7.60. The van der Waals surface area contributed by atoms with Crippen molar-refractivity contribution in [3.05, 3.63) is 35.9 Å². The lowest BCUT2D eigenvalue weighted by Gasteiger charge is -2.24. The highest BCUT2D eigenvalue weighted by Crippen LogP contribution is 2.14. The predicted octanol–water partition coefficient (Wildman–Crippen LogP) is 4.53. The van der Waals surface area contributed by atoms with Crippen LogP contribution in [0.25, 0.3) is 0 Å². The van der Waals surface area contributed by atoms with E-state index in [1.807, 2.05) is 59.7 Å². The maximum absolute atomic E-state index is 5.09. The van der Waals surface area contributed by atoms with Crippen LogP contribution < -0.4 is 0 Å². The molecular weight excluding hydrogens is 212 g/mol. The van der Waals surface area contributed by atoms with Crippen LogP contribution in [-0.4, -0.2) is 11.2 Å². The summed E-state index contributed by atoms with van der Waals surface area (Å²) >= 11 is 0. The van der Waals surface area contributed by atoms with Gasteiger partial charge >= 0.3 is 0 Å². The second-order valence-corrected chi connectivity index (χ2v) is 6.05. The second-order valence-electron chi connectivity index (χ2n) is 6.05. The second kappa shape index (κ2) is 6.77. The normalized spacial score (nSPS) is 11.7. The van der Waals surface area contributed by atoms with Gasteiger partial charge in [0.25, 0.3) is 0 Å². The zero-order valence-corrected chi connectivity index (χ0v) is 12.2. The molecule has 0 N–H and O–H groups in total. The minimum absolute atomic E-state index is 0.215. The molecule has 0 saturated carbocycles. The lowest BCUT2D eigenvalue weighted by molar-refractivity contribution is -0.393. The Labute approximate surface area is 106 Å². The first-order valence-electron chi connectivity index (χ1n) is 5.99. The monoisotopic (exact) mass is 238 g/mol. The molecule has 0 aliphatic rings. The van der Waals surface area contributed by atoms with E-state index in [1.54, 1.807) is 0 Å². The van der Waals surface area contributed by atoms with Gasteiger partial charge in [0.05, 0.1) is 11.2 Å². The summed E-state index contributed by atoms with van der Waals surface area (Å²) in [5.41, 5.74) is 0.892. The van der Waals surface area contributed by atoms with E-state index in [0.29, 0.717) is 0 Å². The van der Waals surface area contributed by atoms with Crippen molar-refractivity contribution >= 4 is 0 Å². The molecule has 0 bridgehead atoms. The van der Waals surface area contributed by atoms with E-state index >= 15 is 0 Å². The average Bonchev–Trinajstić information content (AvgIpc) is 2.15. The van der Waals surface area contributed by atoms with E-state index in [4.69, 9.17) is 9.78 Å². The highest BCUT2D eigenvalue weighted by atomic mass is 17.2. The van der Waals surface area contributed by atoms with Gasteiger partial charge in [-0.3, -0.25) is 0 Å². The van der Waals surface area contributed by atoms with Gasteiger partial charge in [0.15, 0.2) is 0 Å². The molecule has 17 heavy (non-hydrogen) atoms. The molecule has 0 heterocycles. The molecule has 0 spiro atoms. The molecule has 0 fully saturated rings. The SMILES string of the molecule is CC(C)(C)OOC(C)(C)C.Cc1ccccc1. The Kier molecular flexibility index (Phi) is 6.43. The fraction of sp³-hybridized carbons (Fsp3) is 0.600. The van der Waals surface area contributed by atoms with Crippen LogP contribution in [0.15, 0.2) is 30.3 Å². The number of rotatable bonds is 1. The van der Waals surface area contributed by atoms with Crippen LogP contribution in [0.4, 0.5) is 0 Å². The summed E-state index contributed by atoms with van der Waals surface area (Å²) in [5.74, 6) is 0. The first kappa shape index (κ1) is 16.1. The molecule has 98 valence electrons. The van der Waals surface area contributed by atoms with Crippen LogP contribution in [0.5, 0.6) is 0 Å². The van der Waals surface area contributed by atoms with E-state index in [0.717, 1.165) is 0 Å². The highest BCUT2D eigenvalue weighted by molar-refractivity contribution is 5.11. The van der Waals surface area contributed by atoms with Crippen LogP contribution in [0, 0.1) is 6.92 Å². The molecule has 0 unspecified atom stereocenters. The minimum atomic E-state index is -0.215. The van der Waals surface area contributed by atoms with Crippen LogP contribution in [0.2, 0.25) is 0 Å². The van der Waals surface area contributed by atoms with E-state index in [2.05, 4.69) is 19.1 Å². The van der Waals surface area contributed by atoms with Gasteiger partial charge in [-0.1, -0.05) is 35.9 Å². The zero-order chi connectivity index (χ0) is 13.5. The van der Waals surface area contributed by atoms with Gasteiger partial charge in [0.1, 0.15) is 0 Å². The van der Waals surface area contributed by atoms with Gasteiger partial charge in [-0.2, -0.15) is 0 Å².